The Labute approximate surface area is 342 Å². The number of ether oxygens (including phenoxy) is 2. The Hall–Kier alpha value is -4.77. The summed E-state index contributed by atoms with van der Waals surface area (Å²) in [5.41, 5.74) is 10.7. The van der Waals surface area contributed by atoms with Crippen molar-refractivity contribution in [2.24, 2.45) is 13.0 Å². The van der Waals surface area contributed by atoms with E-state index in [1.165, 1.54) is 0 Å². The summed E-state index contributed by atoms with van der Waals surface area (Å²) in [5, 5.41) is 18.2. The van der Waals surface area contributed by atoms with Gasteiger partial charge in [0, 0.05) is 72.0 Å². The quantitative estimate of drug-likeness (QED) is 0.138. The average molecular weight is 811 g/mol. The number of halogens is 2. The topological polar surface area (TPSA) is 104 Å². The summed E-state index contributed by atoms with van der Waals surface area (Å²) >= 11 is 13.7. The van der Waals surface area contributed by atoms with Gasteiger partial charge in [0.25, 0.3) is 5.91 Å². The maximum atomic E-state index is 15.3. The van der Waals surface area contributed by atoms with E-state index < -0.39 is 5.97 Å². The molecule has 2 aliphatic rings. The van der Waals surface area contributed by atoms with Crippen LogP contribution in [0.15, 0.2) is 42.5 Å². The summed E-state index contributed by atoms with van der Waals surface area (Å²) in [4.78, 5) is 29.4. The normalized spacial score (nSPS) is 16.3. The first-order valence-corrected chi connectivity index (χ1v) is 20.5. The van der Waals surface area contributed by atoms with E-state index in [1.54, 1.807) is 17.7 Å². The zero-order valence-electron chi connectivity index (χ0n) is 33.6. The molecular weight excluding hydrogens is 761 g/mol. The molecule has 1 saturated heterocycles. The second kappa shape index (κ2) is 15.2. The van der Waals surface area contributed by atoms with Gasteiger partial charge in [-0.15, -0.1) is 0 Å². The Bertz CT molecular complexity index is 2570. The number of carboxylic acids is 1. The van der Waals surface area contributed by atoms with E-state index in [4.69, 9.17) is 37.8 Å². The molecule has 0 spiro atoms. The molecule has 1 fully saturated rings. The van der Waals surface area contributed by atoms with Crippen LogP contribution in [0.1, 0.15) is 86.8 Å². The van der Waals surface area contributed by atoms with Gasteiger partial charge in [0.2, 0.25) is 0 Å². The zero-order chi connectivity index (χ0) is 40.4. The number of aromatic nitrogens is 4. The highest BCUT2D eigenvalue weighted by Crippen LogP contribution is 2.46. The fourth-order valence-corrected chi connectivity index (χ4v) is 9.61. The molecule has 6 aromatic rings. The van der Waals surface area contributed by atoms with Gasteiger partial charge in [0.15, 0.2) is 0 Å². The minimum Gasteiger partial charge on any atom is -0.494 e. The van der Waals surface area contributed by atoms with Crippen LogP contribution in [0.25, 0.3) is 32.9 Å². The van der Waals surface area contributed by atoms with E-state index in [0.29, 0.717) is 53.8 Å². The molecule has 298 valence electrons. The number of carbonyl (C=O) groups excluding carboxylic acids is 1. The van der Waals surface area contributed by atoms with Gasteiger partial charge < -0.3 is 28.6 Å². The predicted molar refractivity (Wildman–Crippen MR) is 227 cm³/mol. The monoisotopic (exact) mass is 809 g/mol. The van der Waals surface area contributed by atoms with Gasteiger partial charge in [-0.1, -0.05) is 29.3 Å². The third-order valence-corrected chi connectivity index (χ3v) is 12.9. The molecule has 5 heterocycles. The molecule has 57 heavy (non-hydrogen) atoms. The lowest BCUT2D eigenvalue weighted by Crippen LogP contribution is -2.43. The number of aryl methyl sites for hydroxylation is 6. The molecule has 0 saturated carbocycles. The van der Waals surface area contributed by atoms with Crippen molar-refractivity contribution in [3.63, 3.8) is 0 Å². The molecule has 3 aromatic carbocycles. The van der Waals surface area contributed by atoms with Crippen molar-refractivity contribution in [2.75, 3.05) is 31.3 Å². The van der Waals surface area contributed by atoms with Crippen LogP contribution in [-0.2, 0) is 24.8 Å². The lowest BCUT2D eigenvalue weighted by Gasteiger charge is -2.35. The number of hydrogen-bond acceptors (Lipinski definition) is 5. The number of nitrogens with zero attached hydrogens (tertiary/aromatic N) is 5. The third kappa shape index (κ3) is 6.79. The number of aromatic carboxylic acids is 1. The molecule has 12 heteroatoms. The lowest BCUT2D eigenvalue weighted by molar-refractivity contribution is 0.0599. The van der Waals surface area contributed by atoms with Crippen LogP contribution in [0.5, 0.6) is 5.75 Å². The number of fused-ring (bicyclic) bond motifs is 4. The standard InChI is InChI=1S/C45H49Cl2N5O5/c1-24-17-31-21-37(45(54)55)49(7)41(31)36(18-24)50-22-27(4)52-42-34(33(43(52)44(50)53)9-8-14-57-32-19-25(2)40(47)26(3)20-32)10-11-35(46)39(42)38-28(5)48-51(29(38)6)23-30-12-15-56-16-13-30/h10-11,17-21,27,30H,8-9,12-16,22-23H2,1-7H3,(H,54,55). The Kier molecular flexibility index (Phi) is 10.4. The summed E-state index contributed by atoms with van der Waals surface area (Å²) in [6.45, 7) is 15.4. The number of anilines is 1. The Morgan fingerprint density at radius 2 is 1.70 bits per heavy atom. The van der Waals surface area contributed by atoms with Crippen LogP contribution in [0, 0.1) is 40.5 Å². The number of hydrogen-bond donors (Lipinski definition) is 1. The first-order valence-electron chi connectivity index (χ1n) is 19.8. The van der Waals surface area contributed by atoms with Crippen molar-refractivity contribution >= 4 is 62.6 Å². The second-order valence-electron chi connectivity index (χ2n) is 16.0. The van der Waals surface area contributed by atoms with Crippen LogP contribution >= 0.6 is 23.2 Å². The molecule has 1 N–H and O–H groups in total. The van der Waals surface area contributed by atoms with Gasteiger partial charge >= 0.3 is 5.97 Å². The maximum Gasteiger partial charge on any atom is 0.352 e. The maximum absolute atomic E-state index is 15.3. The zero-order valence-corrected chi connectivity index (χ0v) is 35.1. The predicted octanol–water partition coefficient (Wildman–Crippen LogP) is 10.2. The van der Waals surface area contributed by atoms with Crippen LogP contribution < -0.4 is 9.64 Å². The molecule has 1 unspecified atom stereocenters. The molecular formula is C45H49Cl2N5O5. The number of rotatable bonds is 10. The van der Waals surface area contributed by atoms with Crippen LogP contribution in [-0.4, -0.2) is 62.3 Å². The van der Waals surface area contributed by atoms with E-state index in [1.807, 2.05) is 62.9 Å². The SMILES string of the molecule is Cc1cc(N2CC(C)n3c(c(CCCOc4cc(C)c(Cl)c(C)c4)c4ccc(Cl)c(-c5c(C)nn(CC6CCOCC6)c5C)c43)C2=O)c2c(c1)cc(C(=O)O)n2C. The Balaban J connectivity index is 1.27. The van der Waals surface area contributed by atoms with Gasteiger partial charge in [-0.2, -0.15) is 5.10 Å². The fraction of sp³-hybridized carbons (Fsp3) is 0.400. The summed E-state index contributed by atoms with van der Waals surface area (Å²) in [5.74, 6) is 0.0905. The highest BCUT2D eigenvalue weighted by atomic mass is 35.5. The largest absolute Gasteiger partial charge is 0.494 e. The first kappa shape index (κ1) is 39.1. The molecule has 0 bridgehead atoms. The van der Waals surface area contributed by atoms with Crippen LogP contribution in [0.2, 0.25) is 10.0 Å². The van der Waals surface area contributed by atoms with Crippen molar-refractivity contribution in [3.05, 3.63) is 97.5 Å². The second-order valence-corrected chi connectivity index (χ2v) is 16.8. The number of carboxylic acid groups (broad SMARTS) is 1. The first-order chi connectivity index (χ1) is 27.2. The smallest absolute Gasteiger partial charge is 0.352 e. The number of carbonyl (C=O) groups is 2. The van der Waals surface area contributed by atoms with Crippen molar-refractivity contribution in [1.82, 2.24) is 18.9 Å². The van der Waals surface area contributed by atoms with E-state index in [9.17, 15) is 9.90 Å². The molecule has 1 amide bonds. The molecule has 2 aliphatic heterocycles. The van der Waals surface area contributed by atoms with E-state index in [-0.39, 0.29) is 17.6 Å². The van der Waals surface area contributed by atoms with Crippen molar-refractivity contribution < 1.29 is 24.2 Å². The van der Waals surface area contributed by atoms with E-state index in [0.717, 1.165) is 104 Å². The lowest BCUT2D eigenvalue weighted by atomic mass is 9.97. The minimum absolute atomic E-state index is 0.139. The van der Waals surface area contributed by atoms with E-state index >= 15 is 4.79 Å². The minimum atomic E-state index is -1.02. The number of benzene rings is 3. The molecule has 0 radical (unpaired) electrons. The highest BCUT2D eigenvalue weighted by molar-refractivity contribution is 6.35. The summed E-state index contributed by atoms with van der Waals surface area (Å²) in [7, 11) is 1.75. The van der Waals surface area contributed by atoms with Gasteiger partial charge in [-0.05, 0) is 132 Å². The molecule has 8 rings (SSSR count). The fourth-order valence-electron chi connectivity index (χ4n) is 9.25. The van der Waals surface area contributed by atoms with Gasteiger partial charge in [0.05, 0.1) is 34.0 Å². The Morgan fingerprint density at radius 1 is 0.982 bits per heavy atom. The van der Waals surface area contributed by atoms with Gasteiger partial charge in [-0.25, -0.2) is 4.79 Å². The molecule has 0 aliphatic carbocycles. The van der Waals surface area contributed by atoms with Crippen LogP contribution in [0.3, 0.4) is 0 Å². The van der Waals surface area contributed by atoms with Gasteiger partial charge in [0.1, 0.15) is 17.1 Å². The third-order valence-electron chi connectivity index (χ3n) is 12.0. The molecule has 1 atom stereocenters. The van der Waals surface area contributed by atoms with Crippen molar-refractivity contribution in [3.8, 4) is 16.9 Å². The molecule has 3 aromatic heterocycles. The summed E-state index contributed by atoms with van der Waals surface area (Å²) < 4.78 is 17.9. The average Bonchev–Trinajstić information content (AvgIpc) is 3.78. The van der Waals surface area contributed by atoms with Crippen molar-refractivity contribution in [1.29, 1.82) is 0 Å². The van der Waals surface area contributed by atoms with Gasteiger partial charge in [-0.3, -0.25) is 9.48 Å². The van der Waals surface area contributed by atoms with Crippen molar-refractivity contribution in [2.45, 2.75) is 79.8 Å². The Morgan fingerprint density at radius 3 is 2.40 bits per heavy atom. The summed E-state index contributed by atoms with van der Waals surface area (Å²) in [6, 6.07) is 13.4. The number of amides is 1. The van der Waals surface area contributed by atoms with Crippen LogP contribution in [0.4, 0.5) is 5.69 Å². The summed E-state index contributed by atoms with van der Waals surface area (Å²) in [6.07, 6.45) is 3.24. The molecule has 10 nitrogen and oxygen atoms in total. The highest BCUT2D eigenvalue weighted by Gasteiger charge is 2.38. The van der Waals surface area contributed by atoms with E-state index in [2.05, 4.69) is 29.2 Å².